The van der Waals surface area contributed by atoms with Gasteiger partial charge < -0.3 is 0 Å². The van der Waals surface area contributed by atoms with Crippen LogP contribution in [0.25, 0.3) is 11.4 Å². The van der Waals surface area contributed by atoms with E-state index in [9.17, 15) is 46.2 Å². The van der Waals surface area contributed by atoms with E-state index in [1.807, 2.05) is 0 Å². The topological polar surface area (TPSA) is 195 Å². The van der Waals surface area contributed by atoms with Gasteiger partial charge in [0.2, 0.25) is 0 Å². The molecule has 0 aliphatic carbocycles. The molecule has 0 fully saturated rings. The summed E-state index contributed by atoms with van der Waals surface area (Å²) in [5, 5.41) is 23.1. The van der Waals surface area contributed by atoms with Gasteiger partial charge in [0.1, 0.15) is 9.79 Å². The molecule has 0 amide bonds. The van der Waals surface area contributed by atoms with Gasteiger partial charge in [-0.15, -0.1) is 0 Å². The molecule has 0 unspecified atom stereocenters. The van der Waals surface area contributed by atoms with Crippen LogP contribution in [0.2, 0.25) is 0 Å². The summed E-state index contributed by atoms with van der Waals surface area (Å²) in [6.07, 6.45) is 0. The van der Waals surface area contributed by atoms with Crippen molar-refractivity contribution >= 4 is 61.2 Å². The molecule has 15 heteroatoms. The Morgan fingerprint density at radius 2 is 1.28 bits per heavy atom. The Morgan fingerprint density at radius 3 is 1.69 bits per heavy atom. The minimum Gasteiger partial charge on any atom is -0.282 e. The first-order chi connectivity index (χ1) is 12.9. The van der Waals surface area contributed by atoms with Crippen molar-refractivity contribution in [3.05, 3.63) is 79.9 Å². The fraction of sp³-hybridized carbons (Fsp3) is 0. The zero-order valence-electron chi connectivity index (χ0n) is 14.5. The van der Waals surface area contributed by atoms with Gasteiger partial charge in [0.25, 0.3) is 20.2 Å². The Hall–Kier alpha value is -2.20. The molecule has 0 bridgehead atoms. The molecule has 149 valence electrons. The van der Waals surface area contributed by atoms with Crippen molar-refractivity contribution in [2.75, 3.05) is 0 Å². The Kier molecular flexibility index (Phi) is 7.78. The van der Waals surface area contributed by atoms with Crippen molar-refractivity contribution in [3.63, 3.8) is 0 Å². The minimum atomic E-state index is -5.47. The van der Waals surface area contributed by atoms with Crippen LogP contribution in [0.15, 0.2) is 58.3 Å². The van der Waals surface area contributed by atoms with Crippen LogP contribution in [0.5, 0.6) is 0 Å². The van der Waals surface area contributed by atoms with E-state index in [-0.39, 0.29) is 35.1 Å². The molecule has 0 saturated heterocycles. The molecule has 2 aromatic carbocycles. The van der Waals surface area contributed by atoms with Gasteiger partial charge in [0, 0.05) is 29.6 Å². The van der Waals surface area contributed by atoms with Gasteiger partial charge in [-0.25, -0.2) is 0 Å². The quantitative estimate of drug-likeness (QED) is 0.211. The van der Waals surface area contributed by atoms with Crippen molar-refractivity contribution in [1.29, 1.82) is 0 Å². The Morgan fingerprint density at radius 1 is 0.759 bits per heavy atom. The molecule has 1 radical (unpaired) electrons. The molecule has 0 aliphatic rings. The van der Waals surface area contributed by atoms with Crippen molar-refractivity contribution in [1.82, 2.24) is 0 Å². The average Bonchev–Trinajstić information content (AvgIpc) is 2.57. The molecular weight excluding hydrogens is 443 g/mol. The second-order valence-electron chi connectivity index (χ2n) is 5.16. The Balaban J connectivity index is 0.00000420. The molecule has 0 saturated carbocycles. The van der Waals surface area contributed by atoms with Crippen LogP contribution in [0.3, 0.4) is 0 Å². The van der Waals surface area contributed by atoms with Crippen molar-refractivity contribution in [2.24, 2.45) is 0 Å². The van der Waals surface area contributed by atoms with Gasteiger partial charge in [0.15, 0.2) is 0 Å². The second kappa shape index (κ2) is 9.08. The van der Waals surface area contributed by atoms with Crippen LogP contribution >= 0.6 is 0 Å². The van der Waals surface area contributed by atoms with Gasteiger partial charge in [-0.05, 0) is 24.3 Å². The maximum absolute atomic E-state index is 11.7. The normalized spacial score (nSPS) is 12.5. The fourth-order valence-electron chi connectivity index (χ4n) is 2.41. The molecule has 0 aliphatic heterocycles. The molecule has 0 atom stereocenters. The zero-order valence-corrected chi connectivity index (χ0v) is 18.1. The van der Waals surface area contributed by atoms with Crippen molar-refractivity contribution in [3.8, 4) is 0 Å². The van der Waals surface area contributed by atoms with Crippen LogP contribution in [0.4, 0.5) is 0 Å². The summed E-state index contributed by atoms with van der Waals surface area (Å²) >= 11 is 0. The first-order valence-electron chi connectivity index (χ1n) is 7.02. The summed E-state index contributed by atoms with van der Waals surface area (Å²) in [6, 6.07) is 8.48. The number of rotatable bonds is 6. The summed E-state index contributed by atoms with van der Waals surface area (Å²) in [5.41, 5.74) is -3.91. The summed E-state index contributed by atoms with van der Waals surface area (Å²) in [7, 11) is -10.7. The van der Waals surface area contributed by atoms with Crippen molar-refractivity contribution < 1.29 is 35.8 Å². The van der Waals surface area contributed by atoms with Crippen LogP contribution in [-0.4, -0.2) is 65.3 Å². The second-order valence-corrected chi connectivity index (χ2v) is 7.91. The maximum Gasteiger partial charge on any atom is 0.355 e. The minimum absolute atomic E-state index is 0. The first kappa shape index (κ1) is 24.8. The Bertz CT molecular complexity index is 1210. The van der Waals surface area contributed by atoms with Crippen molar-refractivity contribution in [2.45, 2.75) is 9.79 Å². The first-order valence-corrected chi connectivity index (χ1v) is 9.90. The molecule has 2 rings (SSSR count). The van der Waals surface area contributed by atoms with E-state index >= 15 is 0 Å². The standard InChI is InChI=1S/C14H10N2O10S2.Na/c17-15(18)12(9-5-2-1-3-6-9)13(16(19)20)10-7-4-8-11(27(21,22)23)14(10)28(24,25)26;/h1-8H,(H,21,22,23)(H,24,25,26);. The maximum atomic E-state index is 11.7. The van der Waals surface area contributed by atoms with Gasteiger partial charge in [-0.2, -0.15) is 16.8 Å². The third kappa shape index (κ3) is 5.45. The number of nitro groups is 2. The van der Waals surface area contributed by atoms with Gasteiger partial charge >= 0.3 is 11.4 Å². The van der Waals surface area contributed by atoms with E-state index in [0.717, 1.165) is 18.2 Å². The molecule has 0 aromatic heterocycles. The monoisotopic (exact) mass is 453 g/mol. The molecule has 2 aromatic rings. The Labute approximate surface area is 186 Å². The fourth-order valence-corrected chi connectivity index (χ4v) is 4.40. The number of benzene rings is 2. The molecule has 12 nitrogen and oxygen atoms in total. The smallest absolute Gasteiger partial charge is 0.282 e. The number of hydrogen-bond acceptors (Lipinski definition) is 8. The van der Waals surface area contributed by atoms with E-state index < -0.39 is 56.8 Å². The number of hydrogen-bond donors (Lipinski definition) is 2. The van der Waals surface area contributed by atoms with Gasteiger partial charge in [-0.3, -0.25) is 29.3 Å². The third-order valence-corrected chi connectivity index (χ3v) is 5.39. The molecule has 29 heavy (non-hydrogen) atoms. The average molecular weight is 453 g/mol. The van der Waals surface area contributed by atoms with Crippen LogP contribution < -0.4 is 0 Å². The molecule has 0 spiro atoms. The van der Waals surface area contributed by atoms with E-state index in [1.54, 1.807) is 0 Å². The summed E-state index contributed by atoms with van der Waals surface area (Å²) in [4.78, 5) is 17.8. The summed E-state index contributed by atoms with van der Waals surface area (Å²) in [6.45, 7) is 0. The molecular formula is C14H10N2NaO10S2. The molecule has 0 heterocycles. The zero-order chi connectivity index (χ0) is 21.3. The predicted molar refractivity (Wildman–Crippen MR) is 99.1 cm³/mol. The van der Waals surface area contributed by atoms with Crippen LogP contribution in [-0.2, 0) is 20.2 Å². The van der Waals surface area contributed by atoms with Crippen LogP contribution in [0, 0.1) is 20.2 Å². The largest absolute Gasteiger partial charge is 0.355 e. The van der Waals surface area contributed by atoms with Gasteiger partial charge in [-0.1, -0.05) is 24.3 Å². The predicted octanol–water partition coefficient (Wildman–Crippen LogP) is 1.18. The van der Waals surface area contributed by atoms with Gasteiger partial charge in [0.05, 0.1) is 21.0 Å². The number of nitrogens with zero attached hydrogens (tertiary/aromatic N) is 2. The van der Waals surface area contributed by atoms with E-state index in [0.29, 0.717) is 12.1 Å². The third-order valence-electron chi connectivity index (χ3n) is 3.41. The van der Waals surface area contributed by atoms with E-state index in [4.69, 9.17) is 0 Å². The van der Waals surface area contributed by atoms with E-state index in [1.165, 1.54) is 18.2 Å². The summed E-state index contributed by atoms with van der Waals surface area (Å²) in [5.74, 6) is 0. The molecule has 2 N–H and O–H groups in total. The van der Waals surface area contributed by atoms with E-state index in [2.05, 4.69) is 0 Å². The summed E-state index contributed by atoms with van der Waals surface area (Å²) < 4.78 is 65.1. The van der Waals surface area contributed by atoms with Crippen LogP contribution in [0.1, 0.15) is 11.1 Å². The SMILES string of the molecule is O=[N+]([O-])C(=C(c1cccc(S(=O)(=O)O)c1S(=O)(=O)O)[N+](=O)[O-])c1ccccc1.[Na].